The van der Waals surface area contributed by atoms with Gasteiger partial charge in [-0.3, -0.25) is 0 Å². The summed E-state index contributed by atoms with van der Waals surface area (Å²) < 4.78 is 4.81. The molecule has 0 saturated carbocycles. The summed E-state index contributed by atoms with van der Waals surface area (Å²) in [6.45, 7) is 6.57. The van der Waals surface area contributed by atoms with E-state index in [1.165, 1.54) is 7.11 Å². The van der Waals surface area contributed by atoms with Gasteiger partial charge >= 0.3 is 5.97 Å². The Bertz CT molecular complexity index is 448. The number of anilines is 1. The number of methoxy groups -OCH3 is 1. The molecule has 1 aromatic carbocycles. The molecule has 2 atom stereocenters. The van der Waals surface area contributed by atoms with Gasteiger partial charge in [0.05, 0.1) is 18.4 Å². The largest absolute Gasteiger partial charge is 0.465 e. The summed E-state index contributed by atoms with van der Waals surface area (Å²) in [5, 5.41) is 4.04. The quantitative estimate of drug-likeness (QED) is 0.738. The Morgan fingerprint density at radius 3 is 2.60 bits per heavy atom. The fourth-order valence-corrected chi connectivity index (χ4v) is 2.30. The van der Waals surface area contributed by atoms with Crippen LogP contribution >= 0.6 is 11.6 Å². The summed E-state index contributed by atoms with van der Waals surface area (Å²) in [7, 11) is 1.39. The van der Waals surface area contributed by atoms with Crippen LogP contribution in [0, 0.1) is 5.92 Å². The Hall–Kier alpha value is -1.22. The van der Waals surface area contributed by atoms with Crippen LogP contribution in [0.5, 0.6) is 0 Å². The number of rotatable bonds is 7. The molecule has 112 valence electrons. The van der Waals surface area contributed by atoms with Crippen LogP contribution in [-0.4, -0.2) is 19.1 Å². The van der Waals surface area contributed by atoms with E-state index in [1.807, 2.05) is 0 Å². The van der Waals surface area contributed by atoms with Crippen LogP contribution < -0.4 is 5.32 Å². The Morgan fingerprint density at radius 1 is 1.35 bits per heavy atom. The van der Waals surface area contributed by atoms with Gasteiger partial charge in [0.1, 0.15) is 0 Å². The van der Waals surface area contributed by atoms with E-state index in [0.717, 1.165) is 24.9 Å². The van der Waals surface area contributed by atoms with E-state index in [9.17, 15) is 4.79 Å². The number of halogens is 1. The highest BCUT2D eigenvalue weighted by Gasteiger charge is 2.16. The highest BCUT2D eigenvalue weighted by atomic mass is 35.5. The van der Waals surface area contributed by atoms with Crippen LogP contribution in [0.25, 0.3) is 0 Å². The van der Waals surface area contributed by atoms with Crippen molar-refractivity contribution in [3.63, 3.8) is 0 Å². The Balaban J connectivity index is 2.93. The molecule has 4 heteroatoms. The number of benzene rings is 1. The smallest absolute Gasteiger partial charge is 0.339 e. The van der Waals surface area contributed by atoms with Gasteiger partial charge in [-0.15, -0.1) is 0 Å². The second kappa shape index (κ2) is 8.15. The van der Waals surface area contributed by atoms with Gasteiger partial charge in [-0.25, -0.2) is 4.79 Å². The number of nitrogens with one attached hydrogen (secondary N) is 1. The summed E-state index contributed by atoms with van der Waals surface area (Å²) in [5.74, 6) is 0.302. The van der Waals surface area contributed by atoms with Gasteiger partial charge in [-0.1, -0.05) is 38.8 Å². The van der Waals surface area contributed by atoms with Crippen molar-refractivity contribution in [2.45, 2.75) is 46.1 Å². The van der Waals surface area contributed by atoms with Crippen LogP contribution in [0.2, 0.25) is 5.02 Å². The first-order chi connectivity index (χ1) is 9.51. The lowest BCUT2D eigenvalue weighted by molar-refractivity contribution is 0.0602. The molecule has 0 aliphatic heterocycles. The molecule has 0 bridgehead atoms. The lowest BCUT2D eigenvalue weighted by Crippen LogP contribution is -2.22. The maximum absolute atomic E-state index is 11.8. The monoisotopic (exact) mass is 297 g/mol. The minimum Gasteiger partial charge on any atom is -0.465 e. The first-order valence-corrected chi connectivity index (χ1v) is 7.53. The minimum atomic E-state index is -0.345. The zero-order chi connectivity index (χ0) is 15.1. The first-order valence-electron chi connectivity index (χ1n) is 7.16. The van der Waals surface area contributed by atoms with Gasteiger partial charge in [0, 0.05) is 11.1 Å². The van der Waals surface area contributed by atoms with Gasteiger partial charge < -0.3 is 10.1 Å². The minimum absolute atomic E-state index is 0.326. The standard InChI is InChI=1S/C16H24ClNO2/c1-5-11(3)9-13(6-2)18-15-10-12(17)7-8-14(15)16(19)20-4/h7-8,10-11,13,18H,5-6,9H2,1-4H3. The maximum atomic E-state index is 11.8. The van der Waals surface area contributed by atoms with Crippen molar-refractivity contribution in [3.8, 4) is 0 Å². The second-order valence-electron chi connectivity index (χ2n) is 5.18. The van der Waals surface area contributed by atoms with Crippen LogP contribution in [0.3, 0.4) is 0 Å². The molecule has 0 spiro atoms. The van der Waals surface area contributed by atoms with E-state index in [0.29, 0.717) is 22.5 Å². The number of hydrogen-bond donors (Lipinski definition) is 1. The average molecular weight is 298 g/mol. The van der Waals surface area contributed by atoms with E-state index >= 15 is 0 Å². The summed E-state index contributed by atoms with van der Waals surface area (Å²) in [5.41, 5.74) is 1.28. The lowest BCUT2D eigenvalue weighted by Gasteiger charge is -2.22. The van der Waals surface area contributed by atoms with Crippen molar-refractivity contribution in [1.29, 1.82) is 0 Å². The van der Waals surface area contributed by atoms with E-state index in [-0.39, 0.29) is 5.97 Å². The average Bonchev–Trinajstić information content (AvgIpc) is 2.45. The van der Waals surface area contributed by atoms with Crippen molar-refractivity contribution in [2.75, 3.05) is 12.4 Å². The molecule has 1 N–H and O–H groups in total. The normalized spacial score (nSPS) is 13.7. The molecule has 0 aliphatic carbocycles. The Morgan fingerprint density at radius 2 is 2.05 bits per heavy atom. The molecule has 0 heterocycles. The van der Waals surface area contributed by atoms with Gasteiger partial charge in [-0.05, 0) is 37.0 Å². The van der Waals surface area contributed by atoms with E-state index in [4.69, 9.17) is 16.3 Å². The number of carbonyl (C=O) groups is 1. The zero-order valence-electron chi connectivity index (χ0n) is 12.7. The van der Waals surface area contributed by atoms with Gasteiger partial charge in [0.15, 0.2) is 0 Å². The molecule has 0 saturated heterocycles. The molecule has 1 rings (SSSR count). The predicted octanol–water partition coefficient (Wildman–Crippen LogP) is 4.75. The highest BCUT2D eigenvalue weighted by molar-refractivity contribution is 6.31. The van der Waals surface area contributed by atoms with Crippen molar-refractivity contribution in [3.05, 3.63) is 28.8 Å². The molecule has 0 aliphatic rings. The van der Waals surface area contributed by atoms with E-state index in [2.05, 4.69) is 26.1 Å². The SMILES string of the molecule is CCC(C)CC(CC)Nc1cc(Cl)ccc1C(=O)OC. The number of carbonyl (C=O) groups excluding carboxylic acids is 1. The van der Waals surface area contributed by atoms with Gasteiger partial charge in [0.2, 0.25) is 0 Å². The fraction of sp³-hybridized carbons (Fsp3) is 0.562. The Kier molecular flexibility index (Phi) is 6.86. The molecule has 2 unspecified atom stereocenters. The van der Waals surface area contributed by atoms with Gasteiger partial charge in [0.25, 0.3) is 0 Å². The third kappa shape index (κ3) is 4.71. The van der Waals surface area contributed by atoms with Crippen molar-refractivity contribution >= 4 is 23.3 Å². The fourth-order valence-electron chi connectivity index (χ4n) is 2.12. The number of ether oxygens (including phenoxy) is 1. The maximum Gasteiger partial charge on any atom is 0.339 e. The van der Waals surface area contributed by atoms with Crippen molar-refractivity contribution in [1.82, 2.24) is 0 Å². The summed E-state index contributed by atoms with van der Waals surface area (Å²) in [6, 6.07) is 5.51. The molecule has 20 heavy (non-hydrogen) atoms. The lowest BCUT2D eigenvalue weighted by atomic mass is 9.97. The topological polar surface area (TPSA) is 38.3 Å². The molecular formula is C16H24ClNO2. The van der Waals surface area contributed by atoms with E-state index < -0.39 is 0 Å². The van der Waals surface area contributed by atoms with E-state index in [1.54, 1.807) is 18.2 Å². The summed E-state index contributed by atoms with van der Waals surface area (Å²) in [4.78, 5) is 11.8. The molecule has 0 radical (unpaired) electrons. The predicted molar refractivity (Wildman–Crippen MR) is 84.6 cm³/mol. The summed E-state index contributed by atoms with van der Waals surface area (Å²) >= 11 is 6.03. The second-order valence-corrected chi connectivity index (χ2v) is 5.62. The van der Waals surface area contributed by atoms with Crippen LogP contribution in [-0.2, 0) is 4.74 Å². The molecule has 0 amide bonds. The Labute approximate surface area is 126 Å². The number of hydrogen-bond acceptors (Lipinski definition) is 3. The molecular weight excluding hydrogens is 274 g/mol. The third-order valence-corrected chi connectivity index (χ3v) is 3.86. The number of esters is 1. The first kappa shape index (κ1) is 16.8. The van der Waals surface area contributed by atoms with Crippen LogP contribution in [0.1, 0.15) is 50.4 Å². The van der Waals surface area contributed by atoms with Crippen molar-refractivity contribution in [2.24, 2.45) is 5.92 Å². The molecule has 0 aromatic heterocycles. The van der Waals surface area contributed by atoms with Gasteiger partial charge in [-0.2, -0.15) is 0 Å². The zero-order valence-corrected chi connectivity index (χ0v) is 13.5. The molecule has 3 nitrogen and oxygen atoms in total. The third-order valence-electron chi connectivity index (χ3n) is 3.62. The van der Waals surface area contributed by atoms with Crippen molar-refractivity contribution < 1.29 is 9.53 Å². The molecule has 0 fully saturated rings. The summed E-state index contributed by atoms with van der Waals surface area (Å²) in [6.07, 6.45) is 3.22. The van der Waals surface area contributed by atoms with Crippen LogP contribution in [0.15, 0.2) is 18.2 Å². The highest BCUT2D eigenvalue weighted by Crippen LogP contribution is 2.25. The van der Waals surface area contributed by atoms with Crippen LogP contribution in [0.4, 0.5) is 5.69 Å². The molecule has 1 aromatic rings.